The predicted octanol–water partition coefficient (Wildman–Crippen LogP) is -0.416. The maximum Gasteiger partial charge on any atom is 0.322 e. The second kappa shape index (κ2) is 8.56. The third-order valence-corrected chi connectivity index (χ3v) is 3.73. The number of carbonyl (C=O) groups is 2. The number of carbonyl (C=O) groups excluding carboxylic acids is 1. The van der Waals surface area contributed by atoms with Gasteiger partial charge in [-0.15, -0.1) is 12.4 Å². The van der Waals surface area contributed by atoms with Crippen molar-refractivity contribution in [3.05, 3.63) is 35.4 Å². The van der Waals surface area contributed by atoms with Crippen molar-refractivity contribution in [2.45, 2.75) is 31.0 Å². The lowest BCUT2D eigenvalue weighted by molar-refractivity contribution is -0.141. The minimum absolute atomic E-state index is 0. The molecule has 0 bridgehead atoms. The Labute approximate surface area is 150 Å². The number of carboxylic acid groups (broad SMARTS) is 1. The van der Waals surface area contributed by atoms with Crippen LogP contribution in [0.25, 0.3) is 0 Å². The smallest absolute Gasteiger partial charge is 0.322 e. The van der Waals surface area contributed by atoms with Crippen LogP contribution < -0.4 is 17.2 Å². The molecule has 0 aliphatic carbocycles. The highest BCUT2D eigenvalue weighted by atomic mass is 35.5. The average Bonchev–Trinajstić information content (AvgIpc) is 3.01. The predicted molar refractivity (Wildman–Crippen MR) is 93.9 cm³/mol. The molecule has 0 radical (unpaired) electrons. The van der Waals surface area contributed by atoms with Gasteiger partial charge in [0.2, 0.25) is 0 Å². The number of ketones is 1. The van der Waals surface area contributed by atoms with Crippen LogP contribution in [0.15, 0.2) is 29.4 Å². The van der Waals surface area contributed by atoms with E-state index in [1.807, 2.05) is 0 Å². The lowest BCUT2D eigenvalue weighted by Crippen LogP contribution is -2.52. The number of hydrogen-bond donors (Lipinski definition) is 5. The highest BCUT2D eigenvalue weighted by Gasteiger charge is 2.31. The summed E-state index contributed by atoms with van der Waals surface area (Å²) in [5.74, 6) is -1.85. The number of aliphatic carboxylic acids is 1. The van der Waals surface area contributed by atoms with Gasteiger partial charge in [-0.25, -0.2) is 0 Å². The number of hydrogen-bond acceptors (Lipinski definition) is 7. The summed E-state index contributed by atoms with van der Waals surface area (Å²) in [5.41, 5.74) is 18.3. The van der Waals surface area contributed by atoms with Crippen molar-refractivity contribution in [2.75, 3.05) is 0 Å². The standard InChI is InChI=1S/C15H19N5O4.ClH/c16-12(13(17)15(22)23)11(21)6-9-5-10(20-24-9)7-1-3-8(4-2-7)14(18)19;/h1-4,9,12-13H,5-6,16-17H2,(H3,18,19)(H,22,23);1H/t9-,12?,13+;/m1./s1. The number of benzene rings is 1. The van der Waals surface area contributed by atoms with Crippen LogP contribution in [0.3, 0.4) is 0 Å². The van der Waals surface area contributed by atoms with Crippen molar-refractivity contribution >= 4 is 35.7 Å². The maximum absolute atomic E-state index is 12.0. The molecule has 0 amide bonds. The van der Waals surface area contributed by atoms with Gasteiger partial charge in [-0.1, -0.05) is 29.4 Å². The van der Waals surface area contributed by atoms with E-state index in [-0.39, 0.29) is 24.7 Å². The van der Waals surface area contributed by atoms with Gasteiger partial charge in [0.05, 0.1) is 11.8 Å². The van der Waals surface area contributed by atoms with E-state index < -0.39 is 29.9 Å². The molecule has 25 heavy (non-hydrogen) atoms. The Bertz CT molecular complexity index is 692. The minimum atomic E-state index is -1.45. The maximum atomic E-state index is 12.0. The first-order valence-corrected chi connectivity index (χ1v) is 7.23. The van der Waals surface area contributed by atoms with E-state index in [4.69, 9.17) is 32.6 Å². The Hall–Kier alpha value is -2.49. The van der Waals surface area contributed by atoms with Crippen LogP contribution in [0, 0.1) is 5.41 Å². The third kappa shape index (κ3) is 4.99. The van der Waals surface area contributed by atoms with Gasteiger partial charge in [-0.05, 0) is 5.56 Å². The lowest BCUT2D eigenvalue weighted by atomic mass is 9.97. The van der Waals surface area contributed by atoms with Gasteiger partial charge < -0.3 is 27.1 Å². The van der Waals surface area contributed by atoms with Gasteiger partial charge in [0, 0.05) is 18.4 Å². The van der Waals surface area contributed by atoms with Gasteiger partial charge in [-0.2, -0.15) is 0 Å². The minimum Gasteiger partial charge on any atom is -0.480 e. The molecular weight excluding hydrogens is 350 g/mol. The van der Waals surface area contributed by atoms with E-state index in [9.17, 15) is 9.59 Å². The van der Waals surface area contributed by atoms with E-state index in [0.29, 0.717) is 17.7 Å². The fourth-order valence-corrected chi connectivity index (χ4v) is 2.26. The Morgan fingerprint density at radius 1 is 1.28 bits per heavy atom. The average molecular weight is 370 g/mol. The monoisotopic (exact) mass is 369 g/mol. The Morgan fingerprint density at radius 3 is 2.40 bits per heavy atom. The number of Topliss-reactive ketones (excluding diaryl/α,β-unsaturated/α-hetero) is 1. The topological polar surface area (TPSA) is 178 Å². The van der Waals surface area contributed by atoms with E-state index in [1.54, 1.807) is 24.3 Å². The normalized spacial score (nSPS) is 18.3. The number of amidine groups is 1. The van der Waals surface area contributed by atoms with Crippen molar-refractivity contribution in [1.82, 2.24) is 0 Å². The molecular formula is C15H20ClN5O4. The molecule has 0 spiro atoms. The summed E-state index contributed by atoms with van der Waals surface area (Å²) < 4.78 is 0. The first kappa shape index (κ1) is 20.6. The molecule has 1 aromatic carbocycles. The molecule has 0 saturated heterocycles. The van der Waals surface area contributed by atoms with Crippen molar-refractivity contribution in [2.24, 2.45) is 22.4 Å². The van der Waals surface area contributed by atoms with Crippen LogP contribution in [0.5, 0.6) is 0 Å². The van der Waals surface area contributed by atoms with Gasteiger partial charge in [0.15, 0.2) is 5.78 Å². The number of oxime groups is 1. The van der Waals surface area contributed by atoms with E-state index in [1.165, 1.54) is 0 Å². The summed E-state index contributed by atoms with van der Waals surface area (Å²) in [5, 5.41) is 20.1. The molecule has 9 nitrogen and oxygen atoms in total. The van der Waals surface area contributed by atoms with Crippen molar-refractivity contribution in [1.29, 1.82) is 5.41 Å². The van der Waals surface area contributed by atoms with Gasteiger partial charge in [-0.3, -0.25) is 15.0 Å². The molecule has 1 aliphatic rings. The first-order valence-electron chi connectivity index (χ1n) is 7.23. The molecule has 3 atom stereocenters. The van der Waals surface area contributed by atoms with Crippen LogP contribution in [-0.2, 0) is 14.4 Å². The summed E-state index contributed by atoms with van der Waals surface area (Å²) in [6.45, 7) is 0. The molecule has 1 heterocycles. The van der Waals surface area contributed by atoms with Crippen LogP contribution in [0.4, 0.5) is 0 Å². The summed E-state index contributed by atoms with van der Waals surface area (Å²) in [4.78, 5) is 27.9. The highest BCUT2D eigenvalue weighted by molar-refractivity contribution is 6.03. The summed E-state index contributed by atoms with van der Waals surface area (Å²) in [7, 11) is 0. The quantitative estimate of drug-likeness (QED) is 0.320. The fraction of sp³-hybridized carbons (Fsp3) is 0.333. The molecule has 8 N–H and O–H groups in total. The SMILES string of the molecule is Cl.N=C(N)c1ccc(C2=NO[C@@H](CC(=O)C(N)[C@H](N)C(=O)O)C2)cc1. The molecule has 1 aromatic rings. The number of nitrogens with two attached hydrogens (primary N) is 3. The number of rotatable bonds is 7. The molecule has 1 aliphatic heterocycles. The number of halogens is 1. The number of carboxylic acids is 1. The number of nitrogens with one attached hydrogen (secondary N) is 1. The largest absolute Gasteiger partial charge is 0.480 e. The van der Waals surface area contributed by atoms with Crippen molar-refractivity contribution in [3.63, 3.8) is 0 Å². The Kier molecular flexibility index (Phi) is 7.04. The third-order valence-electron chi connectivity index (χ3n) is 3.73. The zero-order valence-corrected chi connectivity index (χ0v) is 14.0. The van der Waals surface area contributed by atoms with E-state index in [2.05, 4.69) is 5.16 Å². The summed E-state index contributed by atoms with van der Waals surface area (Å²) >= 11 is 0. The van der Waals surface area contributed by atoms with Crippen molar-refractivity contribution < 1.29 is 19.5 Å². The van der Waals surface area contributed by atoms with Crippen LogP contribution in [0.2, 0.25) is 0 Å². The van der Waals surface area contributed by atoms with Crippen molar-refractivity contribution in [3.8, 4) is 0 Å². The molecule has 2 rings (SSSR count). The Morgan fingerprint density at radius 2 is 1.88 bits per heavy atom. The molecule has 0 saturated carbocycles. The highest BCUT2D eigenvalue weighted by Crippen LogP contribution is 2.20. The van der Waals surface area contributed by atoms with Crippen LogP contribution >= 0.6 is 12.4 Å². The molecule has 136 valence electrons. The van der Waals surface area contributed by atoms with Crippen LogP contribution in [-0.4, -0.2) is 46.6 Å². The second-order valence-electron chi connectivity index (χ2n) is 5.52. The lowest BCUT2D eigenvalue weighted by Gasteiger charge is -2.16. The van der Waals surface area contributed by atoms with Gasteiger partial charge >= 0.3 is 5.97 Å². The second-order valence-corrected chi connectivity index (χ2v) is 5.52. The first-order chi connectivity index (χ1) is 11.3. The summed E-state index contributed by atoms with van der Waals surface area (Å²) in [6.07, 6.45) is -0.187. The van der Waals surface area contributed by atoms with Gasteiger partial charge in [0.1, 0.15) is 18.0 Å². The number of nitrogen functional groups attached to an aromatic ring is 1. The molecule has 0 aromatic heterocycles. The number of nitrogens with zero attached hydrogens (tertiary/aromatic N) is 1. The Balaban J connectivity index is 0.00000312. The zero-order chi connectivity index (χ0) is 17.9. The van der Waals surface area contributed by atoms with E-state index in [0.717, 1.165) is 5.56 Å². The van der Waals surface area contributed by atoms with Crippen LogP contribution in [0.1, 0.15) is 24.0 Å². The summed E-state index contributed by atoms with van der Waals surface area (Å²) in [6, 6.07) is 4.18. The van der Waals surface area contributed by atoms with Gasteiger partial charge in [0.25, 0.3) is 0 Å². The molecule has 10 heteroatoms. The molecule has 0 fully saturated rings. The zero-order valence-electron chi connectivity index (χ0n) is 13.2. The fourth-order valence-electron chi connectivity index (χ4n) is 2.26. The molecule has 1 unspecified atom stereocenters. The van der Waals surface area contributed by atoms with E-state index >= 15 is 0 Å².